The van der Waals surface area contributed by atoms with Crippen molar-refractivity contribution in [2.24, 2.45) is 11.1 Å². The van der Waals surface area contributed by atoms with Crippen LogP contribution in [0.1, 0.15) is 44.9 Å². The van der Waals surface area contributed by atoms with E-state index in [-0.39, 0.29) is 12.0 Å². The molecule has 0 radical (unpaired) electrons. The van der Waals surface area contributed by atoms with E-state index >= 15 is 0 Å². The van der Waals surface area contributed by atoms with Crippen LogP contribution in [0, 0.1) is 5.41 Å². The summed E-state index contributed by atoms with van der Waals surface area (Å²) in [5.41, 5.74) is 6.28. The fourth-order valence-corrected chi connectivity index (χ4v) is 3.64. The van der Waals surface area contributed by atoms with E-state index in [2.05, 4.69) is 4.90 Å². The van der Waals surface area contributed by atoms with Crippen molar-refractivity contribution < 1.29 is 9.53 Å². The van der Waals surface area contributed by atoms with Gasteiger partial charge in [0.15, 0.2) is 0 Å². The highest BCUT2D eigenvalue weighted by Crippen LogP contribution is 2.44. The lowest BCUT2D eigenvalue weighted by Crippen LogP contribution is -2.52. The first-order chi connectivity index (χ1) is 8.71. The molecule has 1 aliphatic heterocycles. The smallest absolute Gasteiger partial charge is 0.324 e. The van der Waals surface area contributed by atoms with Gasteiger partial charge in [-0.25, -0.2) is 0 Å². The van der Waals surface area contributed by atoms with E-state index in [1.54, 1.807) is 0 Å². The molecule has 0 aromatic heterocycles. The number of piperidine rings is 1. The van der Waals surface area contributed by atoms with E-state index in [0.717, 1.165) is 13.1 Å². The number of carbonyl (C=O) groups excluding carboxylic acids is 1. The molecule has 4 nitrogen and oxygen atoms in total. The fraction of sp³-hybridized carbons (Fsp3) is 0.929. The van der Waals surface area contributed by atoms with Gasteiger partial charge in [-0.1, -0.05) is 19.3 Å². The molecule has 2 N–H and O–H groups in total. The van der Waals surface area contributed by atoms with Gasteiger partial charge in [-0.2, -0.15) is 0 Å². The van der Waals surface area contributed by atoms with Crippen LogP contribution in [-0.4, -0.2) is 43.7 Å². The summed E-state index contributed by atoms with van der Waals surface area (Å²) < 4.78 is 4.83. The van der Waals surface area contributed by atoms with E-state index < -0.39 is 0 Å². The SMILES string of the molecule is COC(=O)C(CN)N1CCC2(CCCCC2)CC1. The highest BCUT2D eigenvalue weighted by atomic mass is 16.5. The number of nitrogens with two attached hydrogens (primary N) is 1. The normalized spacial score (nSPS) is 25.9. The first-order valence-corrected chi connectivity index (χ1v) is 7.23. The van der Waals surface area contributed by atoms with Crippen molar-refractivity contribution in [1.29, 1.82) is 0 Å². The Labute approximate surface area is 110 Å². The van der Waals surface area contributed by atoms with Crippen molar-refractivity contribution >= 4 is 5.97 Å². The first-order valence-electron chi connectivity index (χ1n) is 7.23. The minimum absolute atomic E-state index is 0.183. The molecule has 1 heterocycles. The molecular formula is C14H26N2O2. The molecule has 1 atom stereocenters. The molecule has 2 rings (SSSR count). The Balaban J connectivity index is 1.90. The molecule has 2 aliphatic rings. The molecule has 104 valence electrons. The zero-order valence-electron chi connectivity index (χ0n) is 11.5. The van der Waals surface area contributed by atoms with Crippen LogP contribution in [0.5, 0.6) is 0 Å². The summed E-state index contributed by atoms with van der Waals surface area (Å²) in [4.78, 5) is 13.9. The van der Waals surface area contributed by atoms with Crippen molar-refractivity contribution in [3.05, 3.63) is 0 Å². The van der Waals surface area contributed by atoms with Gasteiger partial charge in [0.25, 0.3) is 0 Å². The Morgan fingerprint density at radius 1 is 1.22 bits per heavy atom. The van der Waals surface area contributed by atoms with Crippen molar-refractivity contribution in [3.63, 3.8) is 0 Å². The molecule has 2 fully saturated rings. The second-order valence-electron chi connectivity index (χ2n) is 5.87. The van der Waals surface area contributed by atoms with Gasteiger partial charge in [0.05, 0.1) is 7.11 Å². The average molecular weight is 254 g/mol. The van der Waals surface area contributed by atoms with E-state index in [4.69, 9.17) is 10.5 Å². The van der Waals surface area contributed by atoms with Gasteiger partial charge >= 0.3 is 5.97 Å². The molecule has 0 aromatic carbocycles. The summed E-state index contributed by atoms with van der Waals surface area (Å²) in [7, 11) is 1.44. The Hall–Kier alpha value is -0.610. The van der Waals surface area contributed by atoms with Crippen LogP contribution in [0.3, 0.4) is 0 Å². The third-order valence-electron chi connectivity index (χ3n) is 4.91. The number of methoxy groups -OCH3 is 1. The summed E-state index contributed by atoms with van der Waals surface area (Å²) in [5.74, 6) is -0.183. The number of nitrogens with zero attached hydrogens (tertiary/aromatic N) is 1. The molecule has 0 bridgehead atoms. The van der Waals surface area contributed by atoms with Crippen LogP contribution in [0.15, 0.2) is 0 Å². The summed E-state index contributed by atoms with van der Waals surface area (Å²) in [6, 6.07) is -0.240. The lowest BCUT2D eigenvalue weighted by Gasteiger charge is -2.45. The van der Waals surface area contributed by atoms with Crippen molar-refractivity contribution in [2.45, 2.75) is 51.0 Å². The molecule has 1 spiro atoms. The molecule has 0 amide bonds. The summed E-state index contributed by atoms with van der Waals surface area (Å²) in [5, 5.41) is 0. The number of carbonyl (C=O) groups is 1. The van der Waals surface area contributed by atoms with E-state index in [9.17, 15) is 4.79 Å². The van der Waals surface area contributed by atoms with Gasteiger partial charge in [0.2, 0.25) is 0 Å². The Kier molecular flexibility index (Phi) is 4.62. The maximum absolute atomic E-state index is 11.7. The fourth-order valence-electron chi connectivity index (χ4n) is 3.64. The van der Waals surface area contributed by atoms with E-state index in [1.165, 1.54) is 52.1 Å². The summed E-state index contributed by atoms with van der Waals surface area (Å²) in [6.45, 7) is 2.35. The van der Waals surface area contributed by atoms with Crippen LogP contribution in [-0.2, 0) is 9.53 Å². The highest BCUT2D eigenvalue weighted by Gasteiger charge is 2.38. The Bertz CT molecular complexity index is 278. The maximum atomic E-state index is 11.7. The molecule has 4 heteroatoms. The largest absolute Gasteiger partial charge is 0.468 e. The van der Waals surface area contributed by atoms with Gasteiger partial charge in [0.1, 0.15) is 6.04 Å². The van der Waals surface area contributed by atoms with Gasteiger partial charge in [0, 0.05) is 6.54 Å². The molecule has 1 saturated carbocycles. The molecule has 18 heavy (non-hydrogen) atoms. The average Bonchev–Trinajstić information content (AvgIpc) is 2.42. The van der Waals surface area contributed by atoms with Gasteiger partial charge in [-0.05, 0) is 44.2 Å². The molecule has 1 aliphatic carbocycles. The van der Waals surface area contributed by atoms with Gasteiger partial charge in [-0.3, -0.25) is 9.69 Å². The number of likely N-dealkylation sites (tertiary alicyclic amines) is 1. The predicted octanol–water partition coefficient (Wildman–Crippen LogP) is 1.53. The number of esters is 1. The lowest BCUT2D eigenvalue weighted by molar-refractivity contribution is -0.147. The number of rotatable bonds is 3. The molecule has 1 saturated heterocycles. The van der Waals surface area contributed by atoms with E-state index in [1.807, 2.05) is 0 Å². The minimum atomic E-state index is -0.240. The monoisotopic (exact) mass is 254 g/mol. The minimum Gasteiger partial charge on any atom is -0.468 e. The predicted molar refractivity (Wildman–Crippen MR) is 71.2 cm³/mol. The van der Waals surface area contributed by atoms with E-state index in [0.29, 0.717) is 12.0 Å². The standard InChI is InChI=1S/C14H26N2O2/c1-18-13(17)12(11-15)16-9-7-14(8-10-16)5-3-2-4-6-14/h12H,2-11,15H2,1H3. The molecule has 1 unspecified atom stereocenters. The third kappa shape index (κ3) is 2.86. The van der Waals surface area contributed by atoms with Gasteiger partial charge < -0.3 is 10.5 Å². The van der Waals surface area contributed by atoms with Crippen molar-refractivity contribution in [3.8, 4) is 0 Å². The van der Waals surface area contributed by atoms with Crippen LogP contribution < -0.4 is 5.73 Å². The molecular weight excluding hydrogens is 228 g/mol. The third-order valence-corrected chi connectivity index (χ3v) is 4.91. The Morgan fingerprint density at radius 3 is 2.33 bits per heavy atom. The van der Waals surface area contributed by atoms with Crippen molar-refractivity contribution in [2.75, 3.05) is 26.7 Å². The van der Waals surface area contributed by atoms with Crippen molar-refractivity contribution in [1.82, 2.24) is 4.90 Å². The number of hydrogen-bond donors (Lipinski definition) is 1. The van der Waals surface area contributed by atoms with Crippen LogP contribution in [0.2, 0.25) is 0 Å². The quantitative estimate of drug-likeness (QED) is 0.776. The zero-order valence-corrected chi connectivity index (χ0v) is 11.5. The zero-order chi connectivity index (χ0) is 13.0. The van der Waals surface area contributed by atoms with Crippen LogP contribution >= 0.6 is 0 Å². The van der Waals surface area contributed by atoms with Crippen LogP contribution in [0.4, 0.5) is 0 Å². The number of ether oxygens (including phenoxy) is 1. The Morgan fingerprint density at radius 2 is 1.83 bits per heavy atom. The summed E-state index contributed by atoms with van der Waals surface area (Å²) in [6.07, 6.45) is 9.38. The maximum Gasteiger partial charge on any atom is 0.324 e. The second kappa shape index (κ2) is 6.02. The lowest BCUT2D eigenvalue weighted by atomic mass is 9.68. The topological polar surface area (TPSA) is 55.6 Å². The number of hydrogen-bond acceptors (Lipinski definition) is 4. The highest BCUT2D eigenvalue weighted by molar-refractivity contribution is 5.75. The van der Waals surface area contributed by atoms with Crippen LogP contribution in [0.25, 0.3) is 0 Å². The van der Waals surface area contributed by atoms with Gasteiger partial charge in [-0.15, -0.1) is 0 Å². The first kappa shape index (κ1) is 13.8. The summed E-state index contributed by atoms with van der Waals surface area (Å²) >= 11 is 0. The molecule has 0 aromatic rings. The second-order valence-corrected chi connectivity index (χ2v) is 5.87.